The average molecular weight is 695 g/mol. The van der Waals surface area contributed by atoms with Crippen molar-refractivity contribution in [2.24, 2.45) is 23.7 Å². The first-order chi connectivity index (χ1) is 26.7. The maximum absolute atomic E-state index is 10.6. The Morgan fingerprint density at radius 2 is 1.02 bits per heavy atom. The summed E-state index contributed by atoms with van der Waals surface area (Å²) >= 11 is 0. The summed E-state index contributed by atoms with van der Waals surface area (Å²) in [6.45, 7) is 0. The Morgan fingerprint density at radius 1 is 0.463 bits per heavy atom. The lowest BCUT2D eigenvalue weighted by Crippen LogP contribution is -2.55. The van der Waals surface area contributed by atoms with E-state index < -0.39 is 0 Å². The summed E-state index contributed by atoms with van der Waals surface area (Å²) in [5, 5.41) is 10.6. The van der Waals surface area contributed by atoms with Crippen molar-refractivity contribution in [3.05, 3.63) is 162 Å². The molecule has 7 aromatic rings. The molecular formula is C50H38N4. The van der Waals surface area contributed by atoms with Crippen molar-refractivity contribution in [2.45, 2.75) is 37.5 Å². The lowest BCUT2D eigenvalue weighted by molar-refractivity contribution is -0.0400. The molecule has 0 saturated heterocycles. The van der Waals surface area contributed by atoms with Crippen LogP contribution in [-0.2, 0) is 5.41 Å². The first-order valence-electron chi connectivity index (χ1n) is 19.4. The largest absolute Gasteiger partial charge is 0.208 e. The van der Waals surface area contributed by atoms with Crippen LogP contribution >= 0.6 is 0 Å². The molecule has 0 aliphatic heterocycles. The normalized spacial score (nSPS) is 22.9. The second kappa shape index (κ2) is 12.2. The average Bonchev–Trinajstić information content (AvgIpc) is 3.54. The van der Waals surface area contributed by atoms with Gasteiger partial charge in [-0.05, 0) is 118 Å². The molecule has 5 aliphatic rings. The van der Waals surface area contributed by atoms with Crippen LogP contribution in [0.15, 0.2) is 146 Å². The van der Waals surface area contributed by atoms with Crippen LogP contribution in [-0.4, -0.2) is 15.0 Å². The summed E-state index contributed by atoms with van der Waals surface area (Å²) in [6.07, 6.45) is 6.53. The van der Waals surface area contributed by atoms with Crippen molar-refractivity contribution in [2.75, 3.05) is 0 Å². The SMILES string of the molecule is N#Cc1cccc2c1C1(c3cccc(-c4ccc(-c5nc(-c6ccccc6)nc(-c6ccccc6)n5)c(-c5ccccc5)c4)c3-2)C2CC3CC(C2)CC1C3. The Morgan fingerprint density at radius 3 is 1.63 bits per heavy atom. The van der Waals surface area contributed by atoms with Gasteiger partial charge in [-0.2, -0.15) is 5.26 Å². The van der Waals surface area contributed by atoms with Crippen molar-refractivity contribution in [3.63, 3.8) is 0 Å². The number of nitrogens with zero attached hydrogens (tertiary/aromatic N) is 4. The minimum Gasteiger partial charge on any atom is -0.208 e. The maximum Gasteiger partial charge on any atom is 0.164 e. The Bertz CT molecular complexity index is 2540. The van der Waals surface area contributed by atoms with E-state index in [0.29, 0.717) is 29.3 Å². The molecule has 4 bridgehead atoms. The number of fused-ring (bicyclic) bond motifs is 3. The van der Waals surface area contributed by atoms with E-state index in [1.54, 1.807) is 0 Å². The van der Waals surface area contributed by atoms with Gasteiger partial charge in [-0.25, -0.2) is 15.0 Å². The first-order valence-corrected chi connectivity index (χ1v) is 19.4. The lowest BCUT2D eigenvalue weighted by atomic mass is 9.43. The van der Waals surface area contributed by atoms with Gasteiger partial charge >= 0.3 is 0 Å². The highest BCUT2D eigenvalue weighted by molar-refractivity contribution is 5.96. The number of hydrogen-bond donors (Lipinski definition) is 0. The van der Waals surface area contributed by atoms with Gasteiger partial charge in [-0.15, -0.1) is 0 Å². The third kappa shape index (κ3) is 4.64. The fraction of sp³-hybridized carbons (Fsp3) is 0.200. The van der Waals surface area contributed by atoms with Crippen molar-refractivity contribution in [1.82, 2.24) is 15.0 Å². The lowest BCUT2D eigenvalue weighted by Gasteiger charge is -2.61. The van der Waals surface area contributed by atoms with Gasteiger partial charge in [0.1, 0.15) is 0 Å². The Labute approximate surface area is 316 Å². The van der Waals surface area contributed by atoms with Crippen LogP contribution in [0.1, 0.15) is 48.8 Å². The molecule has 4 saturated carbocycles. The van der Waals surface area contributed by atoms with Crippen LogP contribution in [0.25, 0.3) is 67.5 Å². The van der Waals surface area contributed by atoms with E-state index in [1.165, 1.54) is 59.9 Å². The van der Waals surface area contributed by atoms with Crippen molar-refractivity contribution in [1.29, 1.82) is 5.26 Å². The van der Waals surface area contributed by atoms with Crippen molar-refractivity contribution < 1.29 is 0 Å². The number of rotatable bonds is 5. The summed E-state index contributed by atoms with van der Waals surface area (Å²) in [5.74, 6) is 4.78. The Kier molecular flexibility index (Phi) is 7.07. The van der Waals surface area contributed by atoms with E-state index in [9.17, 15) is 5.26 Å². The zero-order valence-corrected chi connectivity index (χ0v) is 30.0. The van der Waals surface area contributed by atoms with E-state index in [1.807, 2.05) is 36.4 Å². The van der Waals surface area contributed by atoms with E-state index >= 15 is 0 Å². The molecule has 4 heteroatoms. The van der Waals surface area contributed by atoms with Crippen molar-refractivity contribution in [3.8, 4) is 73.6 Å². The predicted octanol–water partition coefficient (Wildman–Crippen LogP) is 11.8. The Balaban J connectivity index is 1.13. The predicted molar refractivity (Wildman–Crippen MR) is 215 cm³/mol. The molecule has 54 heavy (non-hydrogen) atoms. The summed E-state index contributed by atoms with van der Waals surface area (Å²) < 4.78 is 0. The standard InChI is InChI=1S/C50H38N4/c51-30-37-18-10-20-42-45-40(19-11-21-44(45)50(46(37)42)38-25-31-24-32(27-38)28-39(50)26-31)36-22-23-41(43(29-36)33-12-4-1-5-13-33)49-53-47(34-14-6-2-7-15-34)52-48(54-49)35-16-8-3-9-17-35/h1-23,29,31-32,38-39H,24-28H2. The quantitative estimate of drug-likeness (QED) is 0.180. The third-order valence-corrected chi connectivity index (χ3v) is 13.2. The van der Waals surface area contributed by atoms with Crippen molar-refractivity contribution >= 4 is 0 Å². The molecule has 1 aromatic heterocycles. The molecule has 258 valence electrons. The minimum absolute atomic E-state index is 0.0881. The molecule has 4 fully saturated rings. The number of nitriles is 1. The number of hydrogen-bond acceptors (Lipinski definition) is 4. The molecule has 0 unspecified atom stereocenters. The minimum atomic E-state index is -0.0881. The molecule has 0 amide bonds. The van der Waals surface area contributed by atoms with Gasteiger partial charge in [-0.1, -0.05) is 127 Å². The number of benzene rings is 6. The van der Waals surface area contributed by atoms with Gasteiger partial charge in [-0.3, -0.25) is 0 Å². The van der Waals surface area contributed by atoms with Gasteiger partial charge in [0.2, 0.25) is 0 Å². The third-order valence-electron chi connectivity index (χ3n) is 13.2. The van der Waals surface area contributed by atoms with E-state index in [2.05, 4.69) is 115 Å². The van der Waals surface area contributed by atoms with Gasteiger partial charge < -0.3 is 0 Å². The monoisotopic (exact) mass is 694 g/mol. The highest BCUT2D eigenvalue weighted by Gasteiger charge is 2.62. The fourth-order valence-corrected chi connectivity index (χ4v) is 11.3. The molecule has 12 rings (SSSR count). The smallest absolute Gasteiger partial charge is 0.164 e. The molecule has 0 atom stereocenters. The molecule has 1 spiro atoms. The molecule has 4 nitrogen and oxygen atoms in total. The summed E-state index contributed by atoms with van der Waals surface area (Å²) in [5.41, 5.74) is 13.5. The van der Waals surface area contributed by atoms with Gasteiger partial charge in [0, 0.05) is 22.1 Å². The maximum atomic E-state index is 10.6. The van der Waals surface area contributed by atoms with Crippen LogP contribution in [0, 0.1) is 35.0 Å². The van der Waals surface area contributed by atoms with Gasteiger partial charge in [0.05, 0.1) is 11.6 Å². The summed E-state index contributed by atoms with van der Waals surface area (Å²) in [7, 11) is 0. The molecule has 0 N–H and O–H groups in total. The van der Waals surface area contributed by atoms with Crippen LogP contribution in [0.3, 0.4) is 0 Å². The van der Waals surface area contributed by atoms with Crippen LogP contribution < -0.4 is 0 Å². The van der Waals surface area contributed by atoms with E-state index in [4.69, 9.17) is 15.0 Å². The number of aromatic nitrogens is 3. The molecule has 6 aromatic carbocycles. The summed E-state index contributed by atoms with van der Waals surface area (Å²) in [6, 6.07) is 53.9. The zero-order valence-electron chi connectivity index (χ0n) is 30.0. The molecular weight excluding hydrogens is 657 g/mol. The second-order valence-corrected chi connectivity index (χ2v) is 15.9. The van der Waals surface area contributed by atoms with Gasteiger partial charge in [0.25, 0.3) is 0 Å². The van der Waals surface area contributed by atoms with Crippen LogP contribution in [0.4, 0.5) is 0 Å². The molecule has 0 radical (unpaired) electrons. The second-order valence-electron chi connectivity index (χ2n) is 15.9. The van der Waals surface area contributed by atoms with Crippen LogP contribution in [0.5, 0.6) is 0 Å². The van der Waals surface area contributed by atoms with Gasteiger partial charge in [0.15, 0.2) is 17.5 Å². The highest BCUT2D eigenvalue weighted by Crippen LogP contribution is 2.70. The molecule has 5 aliphatic carbocycles. The van der Waals surface area contributed by atoms with E-state index in [-0.39, 0.29) is 5.41 Å². The Hall–Kier alpha value is -6.18. The zero-order chi connectivity index (χ0) is 35.8. The first kappa shape index (κ1) is 31.4. The van der Waals surface area contributed by atoms with E-state index in [0.717, 1.165) is 50.8 Å². The highest BCUT2D eigenvalue weighted by atomic mass is 15.0. The topological polar surface area (TPSA) is 62.5 Å². The van der Waals surface area contributed by atoms with Crippen LogP contribution in [0.2, 0.25) is 0 Å². The molecule has 1 heterocycles. The summed E-state index contributed by atoms with van der Waals surface area (Å²) in [4.78, 5) is 15.3. The fourth-order valence-electron chi connectivity index (χ4n) is 11.3.